The molecule has 0 radical (unpaired) electrons. The van der Waals surface area contributed by atoms with Crippen LogP contribution in [-0.2, 0) is 16.0 Å². The Kier molecular flexibility index (Phi) is 9.67. The summed E-state index contributed by atoms with van der Waals surface area (Å²) in [6.45, 7) is 6.65. The molecule has 0 unspecified atom stereocenters. The standard InChI is InChI=1S/C26H36ClN3O3/c1-19-25-21(26(27)22(28)18-23(25)31)17-20(11-7-4-2-3-5-10-16-33-19)29-13-12-24(32)30-14-8-6-9-15-30/h3,5,18,31H,1-2,4,6-17,28H2/b5-3+,29-20-. The average molecular weight is 474 g/mol. The number of likely N-dealkylation sites (tertiary alicyclic amines) is 1. The Morgan fingerprint density at radius 2 is 1.94 bits per heavy atom. The number of rotatable bonds is 3. The molecule has 2 aliphatic heterocycles. The van der Waals surface area contributed by atoms with E-state index in [2.05, 4.69) is 18.7 Å². The minimum atomic E-state index is -0.000775. The van der Waals surface area contributed by atoms with Crippen molar-refractivity contribution in [2.45, 2.75) is 64.2 Å². The van der Waals surface area contributed by atoms with Gasteiger partial charge in [-0.25, -0.2) is 0 Å². The molecule has 1 aromatic carbocycles. The highest BCUT2D eigenvalue weighted by Gasteiger charge is 2.21. The van der Waals surface area contributed by atoms with E-state index in [0.29, 0.717) is 53.6 Å². The predicted molar refractivity (Wildman–Crippen MR) is 136 cm³/mol. The molecule has 2 heterocycles. The fourth-order valence-electron chi connectivity index (χ4n) is 4.39. The molecule has 2 aliphatic rings. The number of amides is 1. The van der Waals surface area contributed by atoms with Crippen LogP contribution in [0.2, 0.25) is 5.02 Å². The van der Waals surface area contributed by atoms with Crippen molar-refractivity contribution in [1.82, 2.24) is 4.90 Å². The van der Waals surface area contributed by atoms with Crippen molar-refractivity contribution in [3.8, 4) is 5.75 Å². The van der Waals surface area contributed by atoms with Crippen LogP contribution in [-0.4, -0.2) is 47.9 Å². The number of phenols is 1. The number of fused-ring (bicyclic) bond motifs is 1. The molecule has 0 aliphatic carbocycles. The predicted octanol–water partition coefficient (Wildman–Crippen LogP) is 5.52. The smallest absolute Gasteiger partial charge is 0.224 e. The molecule has 1 fully saturated rings. The van der Waals surface area contributed by atoms with Crippen LogP contribution in [0, 0.1) is 0 Å². The maximum atomic E-state index is 12.6. The molecule has 7 heteroatoms. The van der Waals surface area contributed by atoms with Crippen molar-refractivity contribution in [1.29, 1.82) is 0 Å². The second-order valence-corrected chi connectivity index (χ2v) is 9.12. The number of nitrogens with zero attached hydrogens (tertiary/aromatic N) is 2. The summed E-state index contributed by atoms with van der Waals surface area (Å²) in [5, 5.41) is 11.0. The molecule has 0 saturated carbocycles. The number of carbonyl (C=O) groups excluding carboxylic acids is 1. The summed E-state index contributed by atoms with van der Waals surface area (Å²) >= 11 is 6.59. The van der Waals surface area contributed by atoms with Crippen LogP contribution in [0.3, 0.4) is 0 Å². The number of carbonyl (C=O) groups is 1. The molecule has 1 aromatic rings. The number of aromatic hydroxyl groups is 1. The fraction of sp³-hybridized carbons (Fsp3) is 0.538. The molecule has 0 bridgehead atoms. The van der Waals surface area contributed by atoms with Crippen molar-refractivity contribution in [2.75, 3.05) is 32.0 Å². The van der Waals surface area contributed by atoms with Crippen LogP contribution in [0.15, 0.2) is 29.8 Å². The molecule has 1 saturated heterocycles. The first-order valence-corrected chi connectivity index (χ1v) is 12.4. The van der Waals surface area contributed by atoms with Crippen LogP contribution in [0.5, 0.6) is 5.75 Å². The lowest BCUT2D eigenvalue weighted by Crippen LogP contribution is -2.35. The quantitative estimate of drug-likeness (QED) is 0.446. The number of aliphatic imine (C=N–C) groups is 1. The summed E-state index contributed by atoms with van der Waals surface area (Å²) in [5.41, 5.74) is 8.47. The van der Waals surface area contributed by atoms with Gasteiger partial charge in [0.25, 0.3) is 0 Å². The maximum Gasteiger partial charge on any atom is 0.224 e. The molecule has 0 aromatic heterocycles. The third-order valence-corrected chi connectivity index (χ3v) is 6.66. The van der Waals surface area contributed by atoms with E-state index in [-0.39, 0.29) is 11.7 Å². The van der Waals surface area contributed by atoms with E-state index in [4.69, 9.17) is 27.1 Å². The van der Waals surface area contributed by atoms with Gasteiger partial charge in [-0.3, -0.25) is 9.79 Å². The number of nitrogens with two attached hydrogens (primary N) is 1. The van der Waals surface area contributed by atoms with Crippen LogP contribution >= 0.6 is 11.6 Å². The Bertz CT molecular complexity index is 905. The molecule has 3 N–H and O–H groups in total. The van der Waals surface area contributed by atoms with Gasteiger partial charge >= 0.3 is 0 Å². The van der Waals surface area contributed by atoms with Crippen LogP contribution in [0.1, 0.15) is 68.9 Å². The Balaban J connectivity index is 1.82. The molecular weight excluding hydrogens is 438 g/mol. The first kappa shape index (κ1) is 25.2. The van der Waals surface area contributed by atoms with Gasteiger partial charge in [-0.2, -0.15) is 0 Å². The van der Waals surface area contributed by atoms with Gasteiger partial charge in [0, 0.05) is 44.3 Å². The molecule has 1 amide bonds. The highest BCUT2D eigenvalue weighted by molar-refractivity contribution is 6.34. The fourth-order valence-corrected chi connectivity index (χ4v) is 4.60. The first-order valence-electron chi connectivity index (χ1n) is 12.0. The van der Waals surface area contributed by atoms with E-state index in [0.717, 1.165) is 63.7 Å². The molecule has 3 rings (SSSR count). The highest BCUT2D eigenvalue weighted by atomic mass is 35.5. The maximum absolute atomic E-state index is 12.6. The zero-order valence-electron chi connectivity index (χ0n) is 19.5. The summed E-state index contributed by atoms with van der Waals surface area (Å²) in [6, 6.07) is 1.44. The lowest BCUT2D eigenvalue weighted by Gasteiger charge is -2.26. The van der Waals surface area contributed by atoms with Gasteiger partial charge in [-0.15, -0.1) is 0 Å². The highest BCUT2D eigenvalue weighted by Crippen LogP contribution is 2.38. The summed E-state index contributed by atoms with van der Waals surface area (Å²) in [5.74, 6) is 0.542. The Hall–Kier alpha value is -2.47. The molecule has 33 heavy (non-hydrogen) atoms. The second kappa shape index (κ2) is 12.7. The van der Waals surface area contributed by atoms with E-state index in [1.54, 1.807) is 0 Å². The number of piperidine rings is 1. The third-order valence-electron chi connectivity index (χ3n) is 6.21. The summed E-state index contributed by atoms with van der Waals surface area (Å²) < 4.78 is 5.81. The van der Waals surface area contributed by atoms with Crippen LogP contribution in [0.4, 0.5) is 5.69 Å². The van der Waals surface area contributed by atoms with Gasteiger partial charge in [0.1, 0.15) is 11.5 Å². The Labute approximate surface area is 202 Å². The van der Waals surface area contributed by atoms with Crippen molar-refractivity contribution in [2.24, 2.45) is 4.99 Å². The number of hydrogen-bond acceptors (Lipinski definition) is 5. The summed E-state index contributed by atoms with van der Waals surface area (Å²) in [6.07, 6.45) is 13.1. The Morgan fingerprint density at radius 1 is 1.18 bits per heavy atom. The minimum absolute atomic E-state index is 0.000775. The minimum Gasteiger partial charge on any atom is -0.507 e. The van der Waals surface area contributed by atoms with Crippen LogP contribution < -0.4 is 5.73 Å². The van der Waals surface area contributed by atoms with Gasteiger partial charge < -0.3 is 20.5 Å². The third kappa shape index (κ3) is 7.26. The van der Waals surface area contributed by atoms with Crippen molar-refractivity contribution in [3.05, 3.63) is 40.9 Å². The summed E-state index contributed by atoms with van der Waals surface area (Å²) in [4.78, 5) is 19.3. The van der Waals surface area contributed by atoms with Crippen molar-refractivity contribution in [3.63, 3.8) is 0 Å². The number of benzene rings is 1. The van der Waals surface area contributed by atoms with Gasteiger partial charge in [0.05, 0.1) is 22.9 Å². The number of phenolic OH excluding ortho intramolecular Hbond substituents is 1. The van der Waals surface area contributed by atoms with Crippen molar-refractivity contribution < 1.29 is 14.6 Å². The average Bonchev–Trinajstić information content (AvgIpc) is 2.80. The van der Waals surface area contributed by atoms with Crippen LogP contribution in [0.25, 0.3) is 5.76 Å². The monoisotopic (exact) mass is 473 g/mol. The lowest BCUT2D eigenvalue weighted by molar-refractivity contribution is -0.131. The van der Waals surface area contributed by atoms with Gasteiger partial charge in [-0.1, -0.05) is 30.3 Å². The zero-order chi connectivity index (χ0) is 23.6. The summed E-state index contributed by atoms with van der Waals surface area (Å²) in [7, 11) is 0. The molecule has 0 spiro atoms. The molecular formula is C26H36ClN3O3. The normalized spacial score (nSPS) is 20.6. The van der Waals surface area contributed by atoms with E-state index in [1.807, 2.05) is 4.90 Å². The number of allylic oxidation sites excluding steroid dienone is 1. The number of anilines is 1. The molecule has 0 atom stereocenters. The van der Waals surface area contributed by atoms with Gasteiger partial charge in [0.15, 0.2) is 0 Å². The molecule has 180 valence electrons. The van der Waals surface area contributed by atoms with E-state index in [9.17, 15) is 9.90 Å². The van der Waals surface area contributed by atoms with Crippen molar-refractivity contribution >= 4 is 34.7 Å². The topological polar surface area (TPSA) is 88.2 Å². The zero-order valence-corrected chi connectivity index (χ0v) is 20.2. The molecule has 6 nitrogen and oxygen atoms in total. The number of nitrogen functional groups attached to an aromatic ring is 1. The largest absolute Gasteiger partial charge is 0.507 e. The number of hydrogen-bond donors (Lipinski definition) is 2. The second-order valence-electron chi connectivity index (χ2n) is 8.75. The lowest BCUT2D eigenvalue weighted by atomic mass is 9.96. The van der Waals surface area contributed by atoms with Gasteiger partial charge in [-0.05, 0) is 56.9 Å². The van der Waals surface area contributed by atoms with E-state index >= 15 is 0 Å². The van der Waals surface area contributed by atoms with E-state index < -0.39 is 0 Å². The van der Waals surface area contributed by atoms with Gasteiger partial charge in [0.2, 0.25) is 5.91 Å². The number of ether oxygens (including phenoxy) is 1. The first-order chi connectivity index (χ1) is 16.0. The van der Waals surface area contributed by atoms with E-state index in [1.165, 1.54) is 12.5 Å². The number of halogens is 1. The Morgan fingerprint density at radius 3 is 2.73 bits per heavy atom. The SMILES string of the molecule is C=C1OCC/C=C/CCCC/C(=N/CCC(=O)N2CCCCC2)Cc2c(Cl)c(N)cc(O)c21.